The molecular weight excluding hydrogens is 222 g/mol. The Kier molecular flexibility index (Phi) is 4.05. The van der Waals surface area contributed by atoms with Gasteiger partial charge in [-0.05, 0) is 0 Å². The molecule has 0 bridgehead atoms. The largest absolute Gasteiger partial charge is 0.395 e. The van der Waals surface area contributed by atoms with Crippen LogP contribution >= 0.6 is 0 Å². The van der Waals surface area contributed by atoms with Crippen molar-refractivity contribution in [1.29, 1.82) is 0 Å². The van der Waals surface area contributed by atoms with Crippen LogP contribution in [-0.2, 0) is 11.3 Å². The van der Waals surface area contributed by atoms with E-state index in [1.54, 1.807) is 12.4 Å². The predicted octanol–water partition coefficient (Wildman–Crippen LogP) is -1.59. The highest BCUT2D eigenvalue weighted by molar-refractivity contribution is 5.76. The summed E-state index contributed by atoms with van der Waals surface area (Å²) in [6.45, 7) is 4.19. The second-order valence-corrected chi connectivity index (χ2v) is 4.05. The van der Waals surface area contributed by atoms with Gasteiger partial charge in [0.15, 0.2) is 0 Å². The van der Waals surface area contributed by atoms with Gasteiger partial charge in [0.05, 0.1) is 12.8 Å². The second-order valence-electron chi connectivity index (χ2n) is 4.05. The number of piperazine rings is 1. The van der Waals surface area contributed by atoms with Crippen LogP contribution in [0.5, 0.6) is 0 Å². The van der Waals surface area contributed by atoms with Crippen molar-refractivity contribution < 1.29 is 9.90 Å². The molecule has 17 heavy (non-hydrogen) atoms. The van der Waals surface area contributed by atoms with E-state index in [-0.39, 0.29) is 19.1 Å². The number of β-amino-alcohol motifs (C(OH)–C–C–N with tert-alkyl or cyclic N) is 1. The van der Waals surface area contributed by atoms with E-state index in [9.17, 15) is 4.79 Å². The lowest BCUT2D eigenvalue weighted by Gasteiger charge is -2.34. The Morgan fingerprint density at radius 3 is 2.65 bits per heavy atom. The molecule has 2 rings (SSSR count). The Bertz CT molecular complexity index is 346. The summed E-state index contributed by atoms with van der Waals surface area (Å²) in [4.78, 5) is 15.9. The van der Waals surface area contributed by atoms with E-state index in [0.29, 0.717) is 19.6 Å². The van der Waals surface area contributed by atoms with Crippen molar-refractivity contribution >= 4 is 5.91 Å². The van der Waals surface area contributed by atoms with Gasteiger partial charge < -0.3 is 10.0 Å². The molecule has 1 fully saturated rings. The van der Waals surface area contributed by atoms with Crippen molar-refractivity contribution in [3.63, 3.8) is 0 Å². The number of nitrogens with zero attached hydrogens (tertiary/aromatic N) is 5. The van der Waals surface area contributed by atoms with Gasteiger partial charge in [-0.3, -0.25) is 9.69 Å². The van der Waals surface area contributed by atoms with Crippen LogP contribution in [0.2, 0.25) is 0 Å². The maximum Gasteiger partial charge on any atom is 0.244 e. The van der Waals surface area contributed by atoms with Gasteiger partial charge in [-0.15, -0.1) is 5.10 Å². The lowest BCUT2D eigenvalue weighted by atomic mass is 10.3. The highest BCUT2D eigenvalue weighted by atomic mass is 16.3. The lowest BCUT2D eigenvalue weighted by Crippen LogP contribution is -2.50. The van der Waals surface area contributed by atoms with E-state index in [0.717, 1.165) is 13.1 Å². The fourth-order valence-corrected chi connectivity index (χ4v) is 1.92. The van der Waals surface area contributed by atoms with Crippen LogP contribution in [0, 0.1) is 0 Å². The maximum absolute atomic E-state index is 11.9. The number of amides is 1. The number of hydrogen-bond donors (Lipinski definition) is 1. The third kappa shape index (κ3) is 3.24. The summed E-state index contributed by atoms with van der Waals surface area (Å²) in [5, 5.41) is 16.3. The average Bonchev–Trinajstić information content (AvgIpc) is 2.83. The number of hydrogen-bond acceptors (Lipinski definition) is 5. The van der Waals surface area contributed by atoms with Crippen molar-refractivity contribution in [3.05, 3.63) is 12.4 Å². The van der Waals surface area contributed by atoms with Crippen molar-refractivity contribution in [2.75, 3.05) is 39.3 Å². The summed E-state index contributed by atoms with van der Waals surface area (Å²) < 4.78 is 1.53. The molecule has 0 radical (unpaired) electrons. The molecular formula is C10H17N5O2. The molecule has 0 saturated carbocycles. The first-order valence-electron chi connectivity index (χ1n) is 5.74. The number of aliphatic hydroxyl groups is 1. The van der Waals surface area contributed by atoms with Crippen LogP contribution < -0.4 is 0 Å². The second kappa shape index (κ2) is 5.74. The number of aromatic nitrogens is 3. The molecule has 0 aliphatic carbocycles. The molecule has 94 valence electrons. The summed E-state index contributed by atoms with van der Waals surface area (Å²) in [6.07, 6.45) is 3.24. The highest BCUT2D eigenvalue weighted by Crippen LogP contribution is 2.02. The van der Waals surface area contributed by atoms with Crippen molar-refractivity contribution in [2.45, 2.75) is 6.54 Å². The minimum Gasteiger partial charge on any atom is -0.395 e. The van der Waals surface area contributed by atoms with Crippen molar-refractivity contribution in [3.8, 4) is 0 Å². The lowest BCUT2D eigenvalue weighted by molar-refractivity contribution is -0.133. The van der Waals surface area contributed by atoms with E-state index < -0.39 is 0 Å². The molecule has 2 heterocycles. The zero-order chi connectivity index (χ0) is 12.1. The van der Waals surface area contributed by atoms with Crippen LogP contribution in [-0.4, -0.2) is 75.1 Å². The Labute approximate surface area is 99.6 Å². The van der Waals surface area contributed by atoms with Crippen LogP contribution in [0.4, 0.5) is 0 Å². The van der Waals surface area contributed by atoms with Crippen LogP contribution in [0.25, 0.3) is 0 Å². The summed E-state index contributed by atoms with van der Waals surface area (Å²) >= 11 is 0. The Hall–Kier alpha value is -1.47. The first kappa shape index (κ1) is 12.0. The molecule has 0 aromatic carbocycles. The highest BCUT2D eigenvalue weighted by Gasteiger charge is 2.20. The van der Waals surface area contributed by atoms with Gasteiger partial charge in [0.1, 0.15) is 6.54 Å². The molecule has 0 atom stereocenters. The van der Waals surface area contributed by atoms with Gasteiger partial charge >= 0.3 is 0 Å². The quantitative estimate of drug-likeness (QED) is 0.686. The zero-order valence-corrected chi connectivity index (χ0v) is 9.70. The molecule has 0 unspecified atom stereocenters. The average molecular weight is 239 g/mol. The van der Waals surface area contributed by atoms with Crippen molar-refractivity contribution in [2.24, 2.45) is 0 Å². The van der Waals surface area contributed by atoms with Gasteiger partial charge in [-0.2, -0.15) is 0 Å². The molecule has 1 aliphatic rings. The molecule has 1 aromatic rings. The Morgan fingerprint density at radius 2 is 2.06 bits per heavy atom. The molecule has 7 heteroatoms. The van der Waals surface area contributed by atoms with Gasteiger partial charge in [0.2, 0.25) is 5.91 Å². The van der Waals surface area contributed by atoms with E-state index in [1.165, 1.54) is 4.68 Å². The number of carbonyl (C=O) groups is 1. The molecule has 1 saturated heterocycles. The first-order chi connectivity index (χ1) is 8.29. The fraction of sp³-hybridized carbons (Fsp3) is 0.700. The van der Waals surface area contributed by atoms with Crippen LogP contribution in [0.15, 0.2) is 12.4 Å². The number of rotatable bonds is 4. The van der Waals surface area contributed by atoms with E-state index >= 15 is 0 Å². The Balaban J connectivity index is 1.78. The molecule has 0 spiro atoms. The molecule has 7 nitrogen and oxygen atoms in total. The van der Waals surface area contributed by atoms with E-state index in [1.807, 2.05) is 4.90 Å². The molecule has 1 amide bonds. The summed E-state index contributed by atoms with van der Waals surface area (Å²) in [7, 11) is 0. The summed E-state index contributed by atoms with van der Waals surface area (Å²) in [5.74, 6) is 0.0687. The zero-order valence-electron chi connectivity index (χ0n) is 9.70. The molecule has 1 aromatic heterocycles. The Morgan fingerprint density at radius 1 is 1.29 bits per heavy atom. The summed E-state index contributed by atoms with van der Waals surface area (Å²) in [5.41, 5.74) is 0. The number of carbonyl (C=O) groups excluding carboxylic acids is 1. The minimum atomic E-state index is 0.0687. The SMILES string of the molecule is O=C(Cn1ccnn1)N1CCN(CCO)CC1. The third-order valence-electron chi connectivity index (χ3n) is 2.91. The van der Waals surface area contributed by atoms with Gasteiger partial charge in [0, 0.05) is 38.9 Å². The smallest absolute Gasteiger partial charge is 0.244 e. The van der Waals surface area contributed by atoms with E-state index in [4.69, 9.17) is 5.11 Å². The first-order valence-corrected chi connectivity index (χ1v) is 5.74. The van der Waals surface area contributed by atoms with Gasteiger partial charge in [0.25, 0.3) is 0 Å². The van der Waals surface area contributed by atoms with Crippen LogP contribution in [0.3, 0.4) is 0 Å². The molecule has 1 aliphatic heterocycles. The predicted molar refractivity (Wildman–Crippen MR) is 60.1 cm³/mol. The topological polar surface area (TPSA) is 74.5 Å². The van der Waals surface area contributed by atoms with Crippen LogP contribution in [0.1, 0.15) is 0 Å². The van der Waals surface area contributed by atoms with Gasteiger partial charge in [-0.1, -0.05) is 5.21 Å². The molecule has 1 N–H and O–H groups in total. The van der Waals surface area contributed by atoms with Crippen molar-refractivity contribution in [1.82, 2.24) is 24.8 Å². The third-order valence-corrected chi connectivity index (χ3v) is 2.91. The fourth-order valence-electron chi connectivity index (χ4n) is 1.92. The maximum atomic E-state index is 11.9. The van der Waals surface area contributed by atoms with E-state index in [2.05, 4.69) is 15.2 Å². The van der Waals surface area contributed by atoms with Gasteiger partial charge in [-0.25, -0.2) is 4.68 Å². The minimum absolute atomic E-state index is 0.0687. The summed E-state index contributed by atoms with van der Waals surface area (Å²) in [6, 6.07) is 0. The monoisotopic (exact) mass is 239 g/mol. The normalized spacial score (nSPS) is 17.4. The standard InChI is InChI=1S/C10H17N5O2/c16-8-7-13-3-5-14(6-4-13)10(17)9-15-2-1-11-12-15/h1-2,16H,3-9H2. The number of aliphatic hydroxyl groups excluding tert-OH is 1.